The van der Waals surface area contributed by atoms with Crippen molar-refractivity contribution in [3.63, 3.8) is 0 Å². The Balaban J connectivity index is 1.22. The highest BCUT2D eigenvalue weighted by molar-refractivity contribution is 7.92. The van der Waals surface area contributed by atoms with Crippen molar-refractivity contribution in [3.05, 3.63) is 83.4 Å². The molecule has 0 saturated carbocycles. The fourth-order valence-electron chi connectivity index (χ4n) is 4.36. The van der Waals surface area contributed by atoms with Crippen LogP contribution in [0.2, 0.25) is 0 Å². The zero-order chi connectivity index (χ0) is 26.9. The molecule has 0 bridgehead atoms. The minimum absolute atomic E-state index is 0.182. The molecule has 1 fully saturated rings. The van der Waals surface area contributed by atoms with Gasteiger partial charge in [-0.25, -0.2) is 8.42 Å². The lowest BCUT2D eigenvalue weighted by Crippen LogP contribution is -2.48. The maximum Gasteiger partial charge on any atom is 0.416 e. The Morgan fingerprint density at radius 3 is 2.39 bits per heavy atom. The van der Waals surface area contributed by atoms with Crippen LogP contribution in [-0.2, 0) is 22.7 Å². The highest BCUT2D eigenvalue weighted by Gasteiger charge is 2.31. The Kier molecular flexibility index (Phi) is 6.93. The van der Waals surface area contributed by atoms with Crippen LogP contribution in [0.4, 0.5) is 18.9 Å². The second-order valence-corrected chi connectivity index (χ2v) is 10.7. The van der Waals surface area contributed by atoms with Crippen LogP contribution < -0.4 is 14.2 Å². The summed E-state index contributed by atoms with van der Waals surface area (Å²) >= 11 is 0. The van der Waals surface area contributed by atoms with Gasteiger partial charge >= 0.3 is 6.18 Å². The van der Waals surface area contributed by atoms with Crippen LogP contribution in [0.3, 0.4) is 0 Å². The number of fused-ring (bicyclic) bond motifs is 1. The number of carbonyl (C=O) groups excluding carboxylic acids is 1. The van der Waals surface area contributed by atoms with Crippen molar-refractivity contribution in [2.75, 3.05) is 37.7 Å². The summed E-state index contributed by atoms with van der Waals surface area (Å²) in [4.78, 5) is 16.8. The van der Waals surface area contributed by atoms with Crippen LogP contribution in [0, 0.1) is 0 Å². The zero-order valence-electron chi connectivity index (χ0n) is 20.1. The molecule has 0 aromatic heterocycles. The Labute approximate surface area is 217 Å². The third-order valence-corrected chi connectivity index (χ3v) is 7.72. The predicted molar refractivity (Wildman–Crippen MR) is 132 cm³/mol. The largest absolute Gasteiger partial charge is 0.454 e. The number of nitrogens with one attached hydrogen (secondary N) is 1. The number of alkyl halides is 3. The van der Waals surface area contributed by atoms with E-state index in [0.29, 0.717) is 38.5 Å². The van der Waals surface area contributed by atoms with Crippen LogP contribution in [0.5, 0.6) is 11.5 Å². The maximum atomic E-state index is 13.1. The van der Waals surface area contributed by atoms with Gasteiger partial charge in [-0.05, 0) is 54.1 Å². The first-order chi connectivity index (χ1) is 18.1. The van der Waals surface area contributed by atoms with Crippen molar-refractivity contribution >= 4 is 21.6 Å². The van der Waals surface area contributed by atoms with Gasteiger partial charge < -0.3 is 14.4 Å². The van der Waals surface area contributed by atoms with E-state index in [2.05, 4.69) is 9.62 Å². The number of hydrogen-bond donors (Lipinski definition) is 1. The van der Waals surface area contributed by atoms with E-state index in [-0.39, 0.29) is 28.8 Å². The fourth-order valence-corrected chi connectivity index (χ4v) is 5.45. The zero-order valence-corrected chi connectivity index (χ0v) is 20.9. The molecule has 0 spiro atoms. The second-order valence-electron chi connectivity index (χ2n) is 8.97. The van der Waals surface area contributed by atoms with E-state index < -0.39 is 21.8 Å². The van der Waals surface area contributed by atoms with Crippen molar-refractivity contribution in [2.24, 2.45) is 0 Å². The van der Waals surface area contributed by atoms with Crippen LogP contribution in [0.25, 0.3) is 0 Å². The van der Waals surface area contributed by atoms with Crippen LogP contribution in [-0.4, -0.2) is 57.1 Å². The molecule has 2 heterocycles. The number of rotatable bonds is 6. The second kappa shape index (κ2) is 10.2. The quantitative estimate of drug-likeness (QED) is 0.498. The molecule has 3 aromatic carbocycles. The average molecular weight is 548 g/mol. The molecule has 1 saturated heterocycles. The highest BCUT2D eigenvalue weighted by atomic mass is 32.2. The van der Waals surface area contributed by atoms with Crippen LogP contribution in [0.15, 0.2) is 71.6 Å². The summed E-state index contributed by atoms with van der Waals surface area (Å²) in [6.07, 6.45) is -4.61. The number of ether oxygens (including phenoxy) is 2. The summed E-state index contributed by atoms with van der Waals surface area (Å²) in [7, 11) is -4.23. The molecule has 2 aliphatic rings. The summed E-state index contributed by atoms with van der Waals surface area (Å²) in [6, 6.07) is 15.2. The fraction of sp³-hybridized carbons (Fsp3) is 0.269. The molecule has 2 aliphatic heterocycles. The predicted octanol–water partition coefficient (Wildman–Crippen LogP) is 4.19. The third kappa shape index (κ3) is 5.70. The summed E-state index contributed by atoms with van der Waals surface area (Å²) in [6.45, 7) is 3.09. The number of amides is 1. The number of hydrogen-bond acceptors (Lipinski definition) is 6. The molecule has 12 heteroatoms. The average Bonchev–Trinajstić information content (AvgIpc) is 3.36. The van der Waals surface area contributed by atoms with E-state index in [1.54, 1.807) is 4.90 Å². The number of piperazine rings is 1. The molecule has 0 atom stereocenters. The van der Waals surface area contributed by atoms with E-state index in [0.717, 1.165) is 29.5 Å². The topological polar surface area (TPSA) is 88.2 Å². The molecular formula is C26H24F3N3O5S. The van der Waals surface area contributed by atoms with Crippen molar-refractivity contribution in [2.45, 2.75) is 17.6 Å². The van der Waals surface area contributed by atoms with Gasteiger partial charge in [0.25, 0.3) is 15.9 Å². The van der Waals surface area contributed by atoms with E-state index in [4.69, 9.17) is 9.47 Å². The molecule has 38 heavy (non-hydrogen) atoms. The van der Waals surface area contributed by atoms with Gasteiger partial charge in [0.2, 0.25) is 6.79 Å². The molecule has 0 radical (unpaired) electrons. The maximum absolute atomic E-state index is 13.1. The lowest BCUT2D eigenvalue weighted by atomic mass is 10.1. The van der Waals surface area contributed by atoms with Gasteiger partial charge in [-0.2, -0.15) is 13.2 Å². The number of anilines is 1. The standard InChI is InChI=1S/C26H24F3N3O5S/c27-26(28,29)20-4-2-5-21(15-20)30-38(34,35)22-6-1-3-19(14-22)25(33)32-11-9-31(10-12-32)16-18-7-8-23-24(13-18)37-17-36-23/h1-8,13-15,30H,9-12,16-17H2. The normalized spacial score (nSPS) is 15.9. The van der Waals surface area contributed by atoms with Gasteiger partial charge in [-0.1, -0.05) is 18.2 Å². The molecule has 200 valence electrons. The van der Waals surface area contributed by atoms with Crippen LogP contribution in [0.1, 0.15) is 21.5 Å². The molecular weight excluding hydrogens is 523 g/mol. The number of nitrogens with zero attached hydrogens (tertiary/aromatic N) is 2. The molecule has 8 nitrogen and oxygen atoms in total. The lowest BCUT2D eigenvalue weighted by molar-refractivity contribution is -0.137. The summed E-state index contributed by atoms with van der Waals surface area (Å²) in [5, 5.41) is 0. The van der Waals surface area contributed by atoms with Gasteiger partial charge in [-0.15, -0.1) is 0 Å². The molecule has 5 rings (SSSR count). The highest BCUT2D eigenvalue weighted by Crippen LogP contribution is 2.33. The van der Waals surface area contributed by atoms with Crippen molar-refractivity contribution < 1.29 is 35.9 Å². The van der Waals surface area contributed by atoms with Crippen molar-refractivity contribution in [1.29, 1.82) is 0 Å². The molecule has 0 unspecified atom stereocenters. The van der Waals surface area contributed by atoms with Crippen LogP contribution >= 0.6 is 0 Å². The van der Waals surface area contributed by atoms with Gasteiger partial charge in [0, 0.05) is 44.0 Å². The Hall–Kier alpha value is -3.77. The third-order valence-electron chi connectivity index (χ3n) is 6.34. The Bertz CT molecular complexity index is 1450. The number of carbonyl (C=O) groups is 1. The van der Waals surface area contributed by atoms with Gasteiger partial charge in [0.15, 0.2) is 11.5 Å². The SMILES string of the molecule is O=C(c1cccc(S(=O)(=O)Nc2cccc(C(F)(F)F)c2)c1)N1CCN(Cc2ccc3c(c2)OCO3)CC1. The number of sulfonamides is 1. The lowest BCUT2D eigenvalue weighted by Gasteiger charge is -2.34. The minimum Gasteiger partial charge on any atom is -0.454 e. The Morgan fingerprint density at radius 1 is 0.895 bits per heavy atom. The van der Waals surface area contributed by atoms with Crippen molar-refractivity contribution in [3.8, 4) is 11.5 Å². The first kappa shape index (κ1) is 25.9. The molecule has 1 N–H and O–H groups in total. The molecule has 3 aromatic rings. The van der Waals surface area contributed by atoms with E-state index in [9.17, 15) is 26.4 Å². The summed E-state index contributed by atoms with van der Waals surface area (Å²) in [5.41, 5.74) is 0.0516. The summed E-state index contributed by atoms with van der Waals surface area (Å²) in [5.74, 6) is 1.12. The first-order valence-electron chi connectivity index (χ1n) is 11.8. The van der Waals surface area contributed by atoms with Gasteiger partial charge in [0.05, 0.1) is 10.5 Å². The van der Waals surface area contributed by atoms with E-state index in [1.807, 2.05) is 18.2 Å². The molecule has 0 aliphatic carbocycles. The number of halogens is 3. The monoisotopic (exact) mass is 547 g/mol. The van der Waals surface area contributed by atoms with Gasteiger partial charge in [-0.3, -0.25) is 14.4 Å². The summed E-state index contributed by atoms with van der Waals surface area (Å²) < 4.78 is 77.6. The van der Waals surface area contributed by atoms with Crippen molar-refractivity contribution in [1.82, 2.24) is 9.80 Å². The number of benzene rings is 3. The Morgan fingerprint density at radius 2 is 1.63 bits per heavy atom. The smallest absolute Gasteiger partial charge is 0.416 e. The van der Waals surface area contributed by atoms with E-state index in [1.165, 1.54) is 30.3 Å². The van der Waals surface area contributed by atoms with Gasteiger partial charge in [0.1, 0.15) is 0 Å². The first-order valence-corrected chi connectivity index (χ1v) is 13.3. The minimum atomic E-state index is -4.61. The van der Waals surface area contributed by atoms with E-state index >= 15 is 0 Å². The molecule has 1 amide bonds.